The molecule has 0 aliphatic rings. The van der Waals surface area contributed by atoms with E-state index < -0.39 is 0 Å². The molecule has 1 heterocycles. The summed E-state index contributed by atoms with van der Waals surface area (Å²) >= 11 is 0. The van der Waals surface area contributed by atoms with Crippen LogP contribution in [-0.2, 0) is 16.8 Å². The first kappa shape index (κ1) is 15.2. The third-order valence-electron chi connectivity index (χ3n) is 2.94. The van der Waals surface area contributed by atoms with Crippen molar-refractivity contribution in [2.24, 2.45) is 0 Å². The van der Waals surface area contributed by atoms with Crippen molar-refractivity contribution < 1.29 is 4.74 Å². The van der Waals surface area contributed by atoms with Gasteiger partial charge in [-0.1, -0.05) is 32.9 Å². The van der Waals surface area contributed by atoms with E-state index in [-0.39, 0.29) is 11.0 Å². The molecule has 0 unspecified atom stereocenters. The third kappa shape index (κ3) is 3.88. The van der Waals surface area contributed by atoms with Crippen molar-refractivity contribution in [1.29, 1.82) is 0 Å². The summed E-state index contributed by atoms with van der Waals surface area (Å²) in [4.78, 5) is 14.7. The van der Waals surface area contributed by atoms with Crippen LogP contribution in [0.5, 0.6) is 0 Å². The Hall–Kier alpha value is -2.21. The molecule has 1 aromatic carbocycles. The van der Waals surface area contributed by atoms with Gasteiger partial charge in [0.05, 0.1) is 6.61 Å². The van der Waals surface area contributed by atoms with Gasteiger partial charge in [-0.3, -0.25) is 9.78 Å². The fraction of sp³-hybridized carbons (Fsp3) is 0.400. The Balaban J connectivity index is 2.17. The normalized spacial score (nSPS) is 11.4. The lowest BCUT2D eigenvalue weighted by molar-refractivity contribution is 0.185. The maximum Gasteiger partial charge on any atom is 0.274 e. The van der Waals surface area contributed by atoms with Gasteiger partial charge in [0.15, 0.2) is 0 Å². The molecule has 0 saturated carbocycles. The zero-order chi connectivity index (χ0) is 15.5. The monoisotopic (exact) mass is 288 g/mol. The summed E-state index contributed by atoms with van der Waals surface area (Å²) < 4.78 is 5.06. The Morgan fingerprint density at radius 3 is 2.38 bits per heavy atom. The summed E-state index contributed by atoms with van der Waals surface area (Å²) in [6.45, 7) is 6.34. The molecule has 2 aromatic rings. The van der Waals surface area contributed by atoms with Crippen molar-refractivity contribution in [3.8, 4) is 0 Å². The molecule has 6 heteroatoms. The Morgan fingerprint density at radius 1 is 1.19 bits per heavy atom. The van der Waals surface area contributed by atoms with Crippen molar-refractivity contribution in [1.82, 2.24) is 15.2 Å². The van der Waals surface area contributed by atoms with E-state index in [9.17, 15) is 4.79 Å². The van der Waals surface area contributed by atoms with Crippen LogP contribution in [-0.4, -0.2) is 22.3 Å². The van der Waals surface area contributed by atoms with E-state index in [1.54, 1.807) is 7.11 Å². The van der Waals surface area contributed by atoms with Crippen LogP contribution in [0.4, 0.5) is 11.6 Å². The van der Waals surface area contributed by atoms with Crippen LogP contribution in [0.25, 0.3) is 0 Å². The number of aromatic nitrogens is 3. The summed E-state index contributed by atoms with van der Waals surface area (Å²) in [5, 5.41) is 11.1. The van der Waals surface area contributed by atoms with E-state index >= 15 is 0 Å². The number of nitrogens with one attached hydrogen (secondary N) is 2. The average molecular weight is 288 g/mol. The summed E-state index contributed by atoms with van der Waals surface area (Å²) in [5.41, 5.74) is 1.76. The van der Waals surface area contributed by atoms with Crippen LogP contribution in [0.2, 0.25) is 0 Å². The Kier molecular flexibility index (Phi) is 4.37. The number of hydrogen-bond donors (Lipinski definition) is 2. The molecule has 1 aromatic heterocycles. The first-order valence-corrected chi connectivity index (χ1v) is 6.72. The second-order valence-electron chi connectivity index (χ2n) is 5.86. The van der Waals surface area contributed by atoms with Crippen molar-refractivity contribution in [2.45, 2.75) is 32.8 Å². The number of methoxy groups -OCH3 is 1. The Morgan fingerprint density at radius 2 is 1.86 bits per heavy atom. The molecule has 21 heavy (non-hydrogen) atoms. The quantitative estimate of drug-likeness (QED) is 0.902. The van der Waals surface area contributed by atoms with Crippen LogP contribution in [0.15, 0.2) is 29.1 Å². The van der Waals surface area contributed by atoms with Crippen LogP contribution in [0, 0.1) is 0 Å². The molecule has 0 radical (unpaired) electrons. The molecular weight excluding hydrogens is 268 g/mol. The number of rotatable bonds is 4. The number of hydrogen-bond acceptors (Lipinski definition) is 5. The minimum atomic E-state index is -0.332. The fourth-order valence-corrected chi connectivity index (χ4v) is 1.87. The predicted octanol–water partition coefficient (Wildman–Crippen LogP) is 2.35. The average Bonchev–Trinajstić information content (AvgIpc) is 2.40. The largest absolute Gasteiger partial charge is 0.380 e. The summed E-state index contributed by atoms with van der Waals surface area (Å²) in [6.07, 6.45) is 0. The number of H-pyrrole nitrogens is 1. The lowest BCUT2D eigenvalue weighted by Crippen LogP contribution is -2.28. The molecule has 0 spiro atoms. The molecule has 2 N–H and O–H groups in total. The highest BCUT2D eigenvalue weighted by Gasteiger charge is 2.20. The first-order chi connectivity index (χ1) is 9.90. The number of ether oxygens (including phenoxy) is 1. The maximum atomic E-state index is 12.0. The van der Waals surface area contributed by atoms with E-state index in [4.69, 9.17) is 4.74 Å². The molecule has 0 saturated heterocycles. The molecule has 112 valence electrons. The molecule has 0 fully saturated rings. The van der Waals surface area contributed by atoms with Gasteiger partial charge in [0.25, 0.3) is 5.56 Å². The highest BCUT2D eigenvalue weighted by Crippen LogP contribution is 2.17. The summed E-state index contributed by atoms with van der Waals surface area (Å²) in [6, 6.07) is 7.68. The van der Waals surface area contributed by atoms with Gasteiger partial charge in [-0.25, -0.2) is 0 Å². The smallest absolute Gasteiger partial charge is 0.274 e. The zero-order valence-electron chi connectivity index (χ0n) is 12.7. The van der Waals surface area contributed by atoms with Crippen LogP contribution < -0.4 is 10.9 Å². The second-order valence-corrected chi connectivity index (χ2v) is 5.86. The topological polar surface area (TPSA) is 79.9 Å². The van der Waals surface area contributed by atoms with E-state index in [2.05, 4.69) is 20.5 Å². The van der Waals surface area contributed by atoms with Gasteiger partial charge >= 0.3 is 0 Å². The van der Waals surface area contributed by atoms with E-state index in [0.29, 0.717) is 18.2 Å². The number of aromatic amines is 1. The predicted molar refractivity (Wildman–Crippen MR) is 81.8 cm³/mol. The second kappa shape index (κ2) is 6.05. The molecule has 6 nitrogen and oxygen atoms in total. The number of nitrogens with zero attached hydrogens (tertiary/aromatic N) is 2. The van der Waals surface area contributed by atoms with Gasteiger partial charge in [-0.15, -0.1) is 10.2 Å². The molecule has 0 atom stereocenters. The van der Waals surface area contributed by atoms with Crippen LogP contribution in [0.3, 0.4) is 0 Å². The van der Waals surface area contributed by atoms with Gasteiger partial charge < -0.3 is 10.1 Å². The minimum absolute atomic E-state index is 0.226. The van der Waals surface area contributed by atoms with Gasteiger partial charge in [-0.2, -0.15) is 0 Å². The SMILES string of the molecule is COCc1ccc(Nc2nnc(C(C)(C)C)c(=O)[nH]2)cc1. The summed E-state index contributed by atoms with van der Waals surface area (Å²) in [5.74, 6) is 0.326. The highest BCUT2D eigenvalue weighted by molar-refractivity contribution is 5.53. The van der Waals surface area contributed by atoms with Gasteiger partial charge in [0, 0.05) is 18.2 Å². The Bertz CT molecular complexity index is 657. The maximum absolute atomic E-state index is 12.0. The summed E-state index contributed by atoms with van der Waals surface area (Å²) in [7, 11) is 1.66. The molecular formula is C15H20N4O2. The van der Waals surface area contributed by atoms with E-state index in [1.165, 1.54) is 0 Å². The molecule has 0 aliphatic heterocycles. The van der Waals surface area contributed by atoms with Crippen molar-refractivity contribution in [3.05, 3.63) is 45.9 Å². The van der Waals surface area contributed by atoms with Gasteiger partial charge in [-0.05, 0) is 17.7 Å². The minimum Gasteiger partial charge on any atom is -0.380 e. The highest BCUT2D eigenvalue weighted by atomic mass is 16.5. The number of benzene rings is 1. The standard InChI is InChI=1S/C15H20N4O2/c1-15(2,3)12-13(20)17-14(19-18-12)16-11-7-5-10(6-8-11)9-21-4/h5-8H,9H2,1-4H3,(H2,16,17,19,20). The zero-order valence-corrected chi connectivity index (χ0v) is 12.7. The Labute approximate surface area is 123 Å². The number of anilines is 2. The van der Waals surface area contributed by atoms with Crippen molar-refractivity contribution in [2.75, 3.05) is 12.4 Å². The van der Waals surface area contributed by atoms with Crippen LogP contribution in [0.1, 0.15) is 32.0 Å². The lowest BCUT2D eigenvalue weighted by Gasteiger charge is -2.15. The first-order valence-electron chi connectivity index (χ1n) is 6.72. The van der Waals surface area contributed by atoms with E-state index in [0.717, 1.165) is 11.3 Å². The molecule has 2 rings (SSSR count). The van der Waals surface area contributed by atoms with Crippen molar-refractivity contribution in [3.63, 3.8) is 0 Å². The fourth-order valence-electron chi connectivity index (χ4n) is 1.87. The van der Waals surface area contributed by atoms with Crippen LogP contribution >= 0.6 is 0 Å². The lowest BCUT2D eigenvalue weighted by atomic mass is 9.93. The van der Waals surface area contributed by atoms with Gasteiger partial charge in [0.2, 0.25) is 5.95 Å². The third-order valence-corrected chi connectivity index (χ3v) is 2.94. The van der Waals surface area contributed by atoms with E-state index in [1.807, 2.05) is 45.0 Å². The van der Waals surface area contributed by atoms with Crippen molar-refractivity contribution >= 4 is 11.6 Å². The molecule has 0 aliphatic carbocycles. The van der Waals surface area contributed by atoms with Gasteiger partial charge in [0.1, 0.15) is 5.69 Å². The molecule has 0 amide bonds. The molecule has 0 bridgehead atoms.